The summed E-state index contributed by atoms with van der Waals surface area (Å²) in [5.41, 5.74) is 2.61. The maximum atomic E-state index is 13.0. The van der Waals surface area contributed by atoms with E-state index in [1.54, 1.807) is 4.90 Å². The van der Waals surface area contributed by atoms with Crippen molar-refractivity contribution in [3.8, 4) is 5.75 Å². The monoisotopic (exact) mass is 570 g/mol. The number of alkyl halides is 1. The summed E-state index contributed by atoms with van der Waals surface area (Å²) in [5, 5.41) is 2.88. The van der Waals surface area contributed by atoms with Gasteiger partial charge in [-0.15, -0.1) is 0 Å². The lowest BCUT2D eigenvalue weighted by Crippen LogP contribution is -2.41. The van der Waals surface area contributed by atoms with Gasteiger partial charge >= 0.3 is 0 Å². The molecule has 5 nitrogen and oxygen atoms in total. The van der Waals surface area contributed by atoms with Gasteiger partial charge in [-0.25, -0.2) is 0 Å². The second-order valence-electron chi connectivity index (χ2n) is 9.95. The largest absolute Gasteiger partial charge is 0.491 e. The van der Waals surface area contributed by atoms with Crippen molar-refractivity contribution in [2.24, 2.45) is 0 Å². The summed E-state index contributed by atoms with van der Waals surface area (Å²) in [6.07, 6.45) is 16.4. The molecule has 0 fully saturated rings. The van der Waals surface area contributed by atoms with Crippen molar-refractivity contribution >= 4 is 39.1 Å². The van der Waals surface area contributed by atoms with Crippen LogP contribution in [-0.2, 0) is 16.0 Å². The summed E-state index contributed by atoms with van der Waals surface area (Å²) in [7, 11) is 0. The zero-order valence-electron chi connectivity index (χ0n) is 22.4. The molecule has 0 saturated heterocycles. The summed E-state index contributed by atoms with van der Waals surface area (Å²) in [5.74, 6) is -0.00859. The number of fused-ring (bicyclic) bond motifs is 1. The Balaban J connectivity index is 1.34. The van der Waals surface area contributed by atoms with Crippen LogP contribution in [0.5, 0.6) is 5.75 Å². The van der Waals surface area contributed by atoms with E-state index in [4.69, 9.17) is 4.74 Å². The third-order valence-electron chi connectivity index (χ3n) is 7.00. The summed E-state index contributed by atoms with van der Waals surface area (Å²) in [6, 6.07) is 15.3. The van der Waals surface area contributed by atoms with E-state index < -0.39 is 10.7 Å². The second-order valence-corrected chi connectivity index (χ2v) is 10.9. The number of halogens is 1. The van der Waals surface area contributed by atoms with Gasteiger partial charge in [0.05, 0.1) is 12.3 Å². The summed E-state index contributed by atoms with van der Waals surface area (Å²) in [4.78, 5) is 26.6. The fourth-order valence-corrected chi connectivity index (χ4v) is 5.19. The number of carbonyl (C=O) groups is 2. The molecule has 0 spiro atoms. The van der Waals surface area contributed by atoms with E-state index >= 15 is 0 Å². The number of hydrogen-bond acceptors (Lipinski definition) is 3. The highest BCUT2D eigenvalue weighted by atomic mass is 79.9. The van der Waals surface area contributed by atoms with Crippen LogP contribution in [0.3, 0.4) is 0 Å². The van der Waals surface area contributed by atoms with Gasteiger partial charge in [0.25, 0.3) is 0 Å². The Morgan fingerprint density at radius 3 is 2.16 bits per heavy atom. The molecule has 3 rings (SSSR count). The molecule has 0 bridgehead atoms. The van der Waals surface area contributed by atoms with Crippen LogP contribution >= 0.6 is 15.9 Å². The van der Waals surface area contributed by atoms with Crippen LogP contribution < -0.4 is 15.0 Å². The minimum Gasteiger partial charge on any atom is -0.491 e. The average Bonchev–Trinajstić information content (AvgIpc) is 3.35. The van der Waals surface area contributed by atoms with Crippen LogP contribution in [0.2, 0.25) is 0 Å². The van der Waals surface area contributed by atoms with Crippen molar-refractivity contribution in [2.75, 3.05) is 23.4 Å². The first-order chi connectivity index (χ1) is 18.1. The molecule has 1 atom stereocenters. The Hall–Kier alpha value is -2.34. The van der Waals surface area contributed by atoms with Gasteiger partial charge in [0.2, 0.25) is 11.8 Å². The lowest BCUT2D eigenvalue weighted by molar-refractivity contribution is -0.124. The fourth-order valence-electron chi connectivity index (χ4n) is 4.83. The number of benzene rings is 2. The standard InChI is InChI=1S/C31H43BrN2O3/c1-2-3-4-5-6-7-8-9-10-11-12-17-24-37-28-21-16-14-19-26(28)33-30(35)29(32)31(36)34-23-22-25-18-13-15-20-27(25)34/h13-16,18-21,29H,2-12,17,22-24H2,1H3,(H,33,35). The zero-order chi connectivity index (χ0) is 26.3. The molecule has 1 aliphatic rings. The average molecular weight is 572 g/mol. The van der Waals surface area contributed by atoms with E-state index in [9.17, 15) is 9.59 Å². The molecular formula is C31H43BrN2O3. The van der Waals surface area contributed by atoms with Crippen molar-refractivity contribution in [2.45, 2.75) is 95.2 Å². The van der Waals surface area contributed by atoms with Crippen molar-refractivity contribution in [3.63, 3.8) is 0 Å². The Morgan fingerprint density at radius 1 is 0.865 bits per heavy atom. The number of nitrogens with zero attached hydrogens (tertiary/aromatic N) is 1. The number of ether oxygens (including phenoxy) is 1. The van der Waals surface area contributed by atoms with Crippen molar-refractivity contribution in [3.05, 3.63) is 54.1 Å². The number of rotatable bonds is 17. The quantitative estimate of drug-likeness (QED) is 0.119. The molecule has 1 N–H and O–H groups in total. The summed E-state index contributed by atoms with van der Waals surface area (Å²) in [6.45, 7) is 3.47. The number of para-hydroxylation sites is 3. The van der Waals surface area contributed by atoms with Gasteiger partial charge in [-0.2, -0.15) is 0 Å². The van der Waals surface area contributed by atoms with Crippen LogP contribution in [0.15, 0.2) is 48.5 Å². The number of amides is 2. The normalized spacial score (nSPS) is 13.3. The number of anilines is 2. The van der Waals surface area contributed by atoms with Crippen LogP contribution in [0.25, 0.3) is 0 Å². The van der Waals surface area contributed by atoms with Gasteiger partial charge in [0.15, 0.2) is 4.83 Å². The van der Waals surface area contributed by atoms with E-state index in [1.807, 2.05) is 48.5 Å². The van der Waals surface area contributed by atoms with Crippen molar-refractivity contribution in [1.82, 2.24) is 0 Å². The SMILES string of the molecule is CCCCCCCCCCCCCCOc1ccccc1NC(=O)C(Br)C(=O)N1CCc2ccccc21. The summed E-state index contributed by atoms with van der Waals surface area (Å²) >= 11 is 3.33. The van der Waals surface area contributed by atoms with Crippen LogP contribution in [0.4, 0.5) is 11.4 Å². The van der Waals surface area contributed by atoms with E-state index in [0.717, 1.165) is 30.5 Å². The lowest BCUT2D eigenvalue weighted by atomic mass is 10.1. The van der Waals surface area contributed by atoms with Gasteiger partial charge in [0.1, 0.15) is 5.75 Å². The molecule has 202 valence electrons. The molecule has 2 aromatic carbocycles. The first-order valence-corrected chi connectivity index (χ1v) is 15.1. The Kier molecular flexibility index (Phi) is 13.0. The molecule has 1 heterocycles. The van der Waals surface area contributed by atoms with Gasteiger partial charge in [-0.05, 0) is 36.6 Å². The first kappa shape index (κ1) is 29.2. The van der Waals surface area contributed by atoms with Gasteiger partial charge in [-0.3, -0.25) is 9.59 Å². The summed E-state index contributed by atoms with van der Waals surface area (Å²) < 4.78 is 5.99. The predicted molar refractivity (Wildman–Crippen MR) is 157 cm³/mol. The minimum atomic E-state index is -0.969. The number of unbranched alkanes of at least 4 members (excludes halogenated alkanes) is 11. The first-order valence-electron chi connectivity index (χ1n) is 14.2. The topological polar surface area (TPSA) is 58.6 Å². The van der Waals surface area contributed by atoms with E-state index in [0.29, 0.717) is 24.6 Å². The third kappa shape index (κ3) is 9.48. The number of carbonyl (C=O) groups excluding carboxylic acids is 2. The highest BCUT2D eigenvalue weighted by Crippen LogP contribution is 2.30. The predicted octanol–water partition coefficient (Wildman–Crippen LogP) is 8.06. The van der Waals surface area contributed by atoms with Crippen LogP contribution in [0.1, 0.15) is 89.5 Å². The van der Waals surface area contributed by atoms with Crippen LogP contribution in [0, 0.1) is 0 Å². The second kappa shape index (κ2) is 16.5. The third-order valence-corrected chi connectivity index (χ3v) is 7.81. The molecule has 0 aliphatic carbocycles. The lowest BCUT2D eigenvalue weighted by Gasteiger charge is -2.21. The molecule has 0 saturated carbocycles. The maximum Gasteiger partial charge on any atom is 0.250 e. The molecule has 1 unspecified atom stereocenters. The van der Waals surface area contributed by atoms with E-state index in [1.165, 1.54) is 64.2 Å². The van der Waals surface area contributed by atoms with Crippen molar-refractivity contribution in [1.29, 1.82) is 0 Å². The van der Waals surface area contributed by atoms with Gasteiger partial charge in [0, 0.05) is 12.2 Å². The maximum absolute atomic E-state index is 13.0. The molecule has 6 heteroatoms. The smallest absolute Gasteiger partial charge is 0.250 e. The molecule has 2 amide bonds. The fraction of sp³-hybridized carbons (Fsp3) is 0.548. The molecule has 0 aromatic heterocycles. The number of nitrogens with one attached hydrogen (secondary N) is 1. The van der Waals surface area contributed by atoms with E-state index in [2.05, 4.69) is 28.2 Å². The molecular weight excluding hydrogens is 528 g/mol. The molecule has 37 heavy (non-hydrogen) atoms. The Morgan fingerprint density at radius 2 is 1.46 bits per heavy atom. The Labute approximate surface area is 231 Å². The minimum absolute atomic E-state index is 0.252. The zero-order valence-corrected chi connectivity index (χ0v) is 23.9. The highest BCUT2D eigenvalue weighted by molar-refractivity contribution is 9.10. The van der Waals surface area contributed by atoms with Gasteiger partial charge in [-0.1, -0.05) is 124 Å². The van der Waals surface area contributed by atoms with Gasteiger partial charge < -0.3 is 15.0 Å². The van der Waals surface area contributed by atoms with Crippen LogP contribution in [-0.4, -0.2) is 29.8 Å². The van der Waals surface area contributed by atoms with Crippen molar-refractivity contribution < 1.29 is 14.3 Å². The molecule has 2 aromatic rings. The molecule has 1 aliphatic heterocycles. The highest BCUT2D eigenvalue weighted by Gasteiger charge is 2.33. The van der Waals surface area contributed by atoms with E-state index in [-0.39, 0.29) is 5.91 Å². The molecule has 0 radical (unpaired) electrons. The number of hydrogen-bond donors (Lipinski definition) is 1. The Bertz CT molecular complexity index is 980.